The second-order valence-electron chi connectivity index (χ2n) is 8.17. The van der Waals surface area contributed by atoms with Gasteiger partial charge in [-0.3, -0.25) is 4.79 Å². The van der Waals surface area contributed by atoms with Crippen LogP contribution in [0.4, 0.5) is 0 Å². The fourth-order valence-electron chi connectivity index (χ4n) is 5.71. The first-order valence-electron chi connectivity index (χ1n) is 9.18. The number of benzene rings is 1. The van der Waals surface area contributed by atoms with Gasteiger partial charge in [-0.2, -0.15) is 0 Å². The normalized spacial score (nSPS) is 41.6. The summed E-state index contributed by atoms with van der Waals surface area (Å²) in [6, 6.07) is 9.47. The fraction of sp³-hybridized carbons (Fsp3) is 0.600. The van der Waals surface area contributed by atoms with Crippen LogP contribution in [0.2, 0.25) is 0 Å². The molecule has 5 aliphatic rings. The van der Waals surface area contributed by atoms with Gasteiger partial charge in [0.25, 0.3) is 0 Å². The number of ether oxygens (including phenoxy) is 1. The number of aliphatic imine (C=N–C) groups is 1. The Bertz CT molecular complexity index is 649. The van der Waals surface area contributed by atoms with E-state index in [1.807, 2.05) is 30.3 Å². The first-order valence-corrected chi connectivity index (χ1v) is 10.2. The summed E-state index contributed by atoms with van der Waals surface area (Å²) >= 11 is 1.63. The minimum atomic E-state index is -0.370. The van der Waals surface area contributed by atoms with E-state index in [4.69, 9.17) is 9.73 Å². The predicted molar refractivity (Wildman–Crippen MR) is 96.4 cm³/mol. The van der Waals surface area contributed by atoms with Crippen LogP contribution < -0.4 is 0 Å². The summed E-state index contributed by atoms with van der Waals surface area (Å²) in [5.74, 6) is 3.42. The Morgan fingerprint density at radius 1 is 1.04 bits per heavy atom. The zero-order valence-electron chi connectivity index (χ0n) is 13.8. The maximum atomic E-state index is 12.6. The van der Waals surface area contributed by atoms with Crippen molar-refractivity contribution in [3.8, 4) is 0 Å². The van der Waals surface area contributed by atoms with Crippen LogP contribution in [0.15, 0.2) is 35.3 Å². The number of carbonyl (C=O) groups is 1. The molecule has 4 aliphatic carbocycles. The molecule has 0 aromatic heterocycles. The second kappa shape index (κ2) is 5.62. The molecule has 0 amide bonds. The summed E-state index contributed by atoms with van der Waals surface area (Å²) in [6.07, 6.45) is 7.62. The van der Waals surface area contributed by atoms with Gasteiger partial charge in [0, 0.05) is 11.3 Å². The number of Topliss-reactive ketones (excluding diaryl/α,β-unsaturated/α-hetero) is 1. The van der Waals surface area contributed by atoms with Crippen molar-refractivity contribution in [1.82, 2.24) is 0 Å². The van der Waals surface area contributed by atoms with Gasteiger partial charge in [0.05, 0.1) is 5.54 Å². The van der Waals surface area contributed by atoms with E-state index in [2.05, 4.69) is 0 Å². The maximum absolute atomic E-state index is 12.6. The first-order chi connectivity index (χ1) is 11.7. The zero-order valence-corrected chi connectivity index (χ0v) is 14.6. The first kappa shape index (κ1) is 15.0. The van der Waals surface area contributed by atoms with Gasteiger partial charge < -0.3 is 4.74 Å². The van der Waals surface area contributed by atoms with Gasteiger partial charge in [-0.25, -0.2) is 4.99 Å². The average Bonchev–Trinajstić information content (AvgIpc) is 3.01. The molecule has 1 aromatic carbocycles. The highest BCUT2D eigenvalue weighted by Gasteiger charge is 2.51. The summed E-state index contributed by atoms with van der Waals surface area (Å²) in [5, 5.41) is 0.770. The summed E-state index contributed by atoms with van der Waals surface area (Å²) < 4.78 is 5.98. The van der Waals surface area contributed by atoms with E-state index in [1.54, 1.807) is 11.8 Å². The van der Waals surface area contributed by atoms with Crippen LogP contribution in [0.25, 0.3) is 0 Å². The lowest BCUT2D eigenvalue weighted by atomic mass is 9.53. The largest absolute Gasteiger partial charge is 0.460 e. The topological polar surface area (TPSA) is 38.7 Å². The van der Waals surface area contributed by atoms with E-state index >= 15 is 0 Å². The quantitative estimate of drug-likeness (QED) is 0.768. The molecule has 4 heteroatoms. The summed E-state index contributed by atoms with van der Waals surface area (Å²) in [4.78, 5) is 17.7. The Hall–Kier alpha value is -1.29. The Kier molecular flexibility index (Phi) is 3.51. The number of ketones is 1. The minimum absolute atomic E-state index is 0.0822. The molecule has 6 rings (SSSR count). The molecule has 0 N–H and O–H groups in total. The Morgan fingerprint density at radius 3 is 2.29 bits per heavy atom. The summed E-state index contributed by atoms with van der Waals surface area (Å²) in [6.45, 7) is 0. The van der Waals surface area contributed by atoms with Gasteiger partial charge in [-0.15, -0.1) is 0 Å². The Balaban J connectivity index is 1.32. The summed E-state index contributed by atoms with van der Waals surface area (Å²) in [7, 11) is 0. The lowest BCUT2D eigenvalue weighted by Gasteiger charge is -2.54. The highest BCUT2D eigenvalue weighted by molar-refractivity contribution is 8.13. The van der Waals surface area contributed by atoms with Crippen LogP contribution in [0.1, 0.15) is 48.9 Å². The van der Waals surface area contributed by atoms with E-state index in [0.29, 0.717) is 5.75 Å². The molecule has 1 atom stereocenters. The minimum Gasteiger partial charge on any atom is -0.460 e. The van der Waals surface area contributed by atoms with Crippen molar-refractivity contribution in [1.29, 1.82) is 0 Å². The predicted octanol–water partition coefficient (Wildman–Crippen LogP) is 4.33. The molecule has 24 heavy (non-hydrogen) atoms. The van der Waals surface area contributed by atoms with Crippen molar-refractivity contribution in [2.45, 2.75) is 50.2 Å². The third kappa shape index (κ3) is 2.59. The molecule has 4 saturated carbocycles. The van der Waals surface area contributed by atoms with Gasteiger partial charge in [0.2, 0.25) is 11.0 Å². The standard InChI is InChI=1S/C20H23NO2S/c22-18(16-4-2-1-3-5-16)17-12-24-19(23-17)21-20-9-13-6-14(10-20)8-15(7-13)11-20/h1-5,13-15,17H,6-12H2. The molecule has 4 bridgehead atoms. The van der Waals surface area contributed by atoms with E-state index in [-0.39, 0.29) is 17.4 Å². The third-order valence-corrected chi connectivity index (χ3v) is 7.19. The number of nitrogens with zero attached hydrogens (tertiary/aromatic N) is 1. The SMILES string of the molecule is O=C(c1ccccc1)C1CSC(=NC23CC4CC(CC(C4)C2)C3)O1. The van der Waals surface area contributed by atoms with Crippen molar-refractivity contribution in [3.63, 3.8) is 0 Å². The summed E-state index contributed by atoms with van der Waals surface area (Å²) in [5.41, 5.74) is 0.862. The molecule has 126 valence electrons. The van der Waals surface area contributed by atoms with E-state index in [9.17, 15) is 4.79 Å². The van der Waals surface area contributed by atoms with Crippen molar-refractivity contribution in [2.24, 2.45) is 22.7 Å². The number of rotatable bonds is 3. The third-order valence-electron chi connectivity index (χ3n) is 6.29. The van der Waals surface area contributed by atoms with Crippen LogP contribution in [0.3, 0.4) is 0 Å². The highest BCUT2D eigenvalue weighted by Crippen LogP contribution is 2.57. The highest BCUT2D eigenvalue weighted by atomic mass is 32.2. The molecule has 1 saturated heterocycles. The number of carbonyl (C=O) groups excluding carboxylic acids is 1. The van der Waals surface area contributed by atoms with Crippen LogP contribution in [0.5, 0.6) is 0 Å². The van der Waals surface area contributed by atoms with Crippen LogP contribution in [0, 0.1) is 17.8 Å². The second-order valence-corrected chi connectivity index (χ2v) is 9.14. The van der Waals surface area contributed by atoms with Crippen molar-refractivity contribution in [2.75, 3.05) is 5.75 Å². The van der Waals surface area contributed by atoms with Crippen molar-refractivity contribution >= 4 is 22.8 Å². The van der Waals surface area contributed by atoms with Gasteiger partial charge in [-0.05, 0) is 56.3 Å². The Morgan fingerprint density at radius 2 is 1.67 bits per heavy atom. The van der Waals surface area contributed by atoms with E-state index < -0.39 is 0 Å². The van der Waals surface area contributed by atoms with Crippen LogP contribution in [-0.4, -0.2) is 28.4 Å². The number of thioether (sulfide) groups is 1. The average molecular weight is 341 g/mol. The molecule has 1 aromatic rings. The molecular formula is C20H23NO2S. The molecular weight excluding hydrogens is 318 g/mol. The van der Waals surface area contributed by atoms with Crippen LogP contribution in [-0.2, 0) is 4.74 Å². The van der Waals surface area contributed by atoms with E-state index in [1.165, 1.54) is 38.5 Å². The molecule has 0 spiro atoms. The molecule has 1 aliphatic heterocycles. The molecule has 5 fully saturated rings. The van der Waals surface area contributed by atoms with Crippen molar-refractivity contribution in [3.05, 3.63) is 35.9 Å². The monoisotopic (exact) mass is 341 g/mol. The number of hydrogen-bond acceptors (Lipinski definition) is 4. The Labute approximate surface area is 147 Å². The molecule has 3 nitrogen and oxygen atoms in total. The van der Waals surface area contributed by atoms with Gasteiger partial charge in [0.1, 0.15) is 0 Å². The number of hydrogen-bond donors (Lipinski definition) is 0. The van der Waals surface area contributed by atoms with Gasteiger partial charge >= 0.3 is 0 Å². The van der Waals surface area contributed by atoms with Gasteiger partial charge in [0.15, 0.2) is 6.10 Å². The lowest BCUT2D eigenvalue weighted by Crippen LogP contribution is -2.49. The fourth-order valence-corrected chi connectivity index (χ4v) is 6.66. The van der Waals surface area contributed by atoms with Gasteiger partial charge in [-0.1, -0.05) is 42.1 Å². The van der Waals surface area contributed by atoms with Crippen LogP contribution >= 0.6 is 11.8 Å². The molecule has 0 radical (unpaired) electrons. The zero-order chi connectivity index (χ0) is 16.1. The van der Waals surface area contributed by atoms with E-state index in [0.717, 1.165) is 28.5 Å². The molecule has 1 unspecified atom stereocenters. The van der Waals surface area contributed by atoms with Crippen molar-refractivity contribution < 1.29 is 9.53 Å². The molecule has 1 heterocycles. The maximum Gasteiger partial charge on any atom is 0.247 e. The smallest absolute Gasteiger partial charge is 0.247 e. The lowest BCUT2D eigenvalue weighted by molar-refractivity contribution is 0.000622.